The van der Waals surface area contributed by atoms with Crippen LogP contribution in [-0.2, 0) is 0 Å². The second kappa shape index (κ2) is 8.21. The van der Waals surface area contributed by atoms with E-state index in [1.807, 2.05) is 7.05 Å². The van der Waals surface area contributed by atoms with Crippen LogP contribution in [0.4, 0.5) is 10.1 Å². The molecule has 1 unspecified atom stereocenters. The first-order valence-corrected chi connectivity index (χ1v) is 7.32. The minimum atomic E-state index is -0.629. The predicted molar refractivity (Wildman–Crippen MR) is 87.6 cm³/mol. The van der Waals surface area contributed by atoms with E-state index in [0.717, 1.165) is 31.5 Å². The lowest BCUT2D eigenvalue weighted by molar-refractivity contribution is -0.385. The number of hydrogen-bond donors (Lipinski definition) is 1. The SMILES string of the molecule is CNCC1CCCN(C(=O)c2cc(F)cc(C)c2[N+](=O)[O-])C1.Cl. The van der Waals surface area contributed by atoms with Crippen molar-refractivity contribution < 1.29 is 14.1 Å². The Bertz CT molecular complexity index is 596. The number of carbonyl (C=O) groups is 1. The van der Waals surface area contributed by atoms with Crippen molar-refractivity contribution in [2.24, 2.45) is 5.92 Å². The van der Waals surface area contributed by atoms with Crippen molar-refractivity contribution in [2.75, 3.05) is 26.7 Å². The first kappa shape index (κ1) is 19.3. The predicted octanol–water partition coefficient (Wildman–Crippen LogP) is 2.54. The van der Waals surface area contributed by atoms with Gasteiger partial charge in [0.2, 0.25) is 0 Å². The number of nitro benzene ring substituents is 1. The summed E-state index contributed by atoms with van der Waals surface area (Å²) in [6, 6.07) is 2.05. The summed E-state index contributed by atoms with van der Waals surface area (Å²) in [6.45, 7) is 3.31. The maximum absolute atomic E-state index is 13.6. The van der Waals surface area contributed by atoms with Crippen LogP contribution in [0.15, 0.2) is 12.1 Å². The van der Waals surface area contributed by atoms with Gasteiger partial charge in [0.15, 0.2) is 0 Å². The second-order valence-electron chi connectivity index (χ2n) is 5.69. The monoisotopic (exact) mass is 345 g/mol. The molecule has 6 nitrogen and oxygen atoms in total. The lowest BCUT2D eigenvalue weighted by atomic mass is 9.97. The van der Waals surface area contributed by atoms with Crippen LogP contribution in [0.25, 0.3) is 0 Å². The standard InChI is InChI=1S/C15H20FN3O3.ClH/c1-10-6-12(16)7-13(14(10)19(21)22)15(20)18-5-3-4-11(9-18)8-17-2;/h6-7,11,17H,3-5,8-9H2,1-2H3;1H. The molecule has 0 aliphatic carbocycles. The summed E-state index contributed by atoms with van der Waals surface area (Å²) in [5, 5.41) is 14.3. The Morgan fingerprint density at radius 1 is 1.52 bits per heavy atom. The second-order valence-corrected chi connectivity index (χ2v) is 5.69. The molecule has 1 aromatic rings. The maximum Gasteiger partial charge on any atom is 0.285 e. The number of aryl methyl sites for hydroxylation is 1. The molecule has 128 valence electrons. The Kier molecular flexibility index (Phi) is 6.90. The van der Waals surface area contributed by atoms with Crippen molar-refractivity contribution in [3.8, 4) is 0 Å². The fourth-order valence-corrected chi connectivity index (χ4v) is 3.02. The van der Waals surface area contributed by atoms with E-state index in [9.17, 15) is 19.3 Å². The van der Waals surface area contributed by atoms with E-state index in [2.05, 4.69) is 5.32 Å². The lowest BCUT2D eigenvalue weighted by Crippen LogP contribution is -2.42. The van der Waals surface area contributed by atoms with E-state index in [4.69, 9.17) is 0 Å². The van der Waals surface area contributed by atoms with Crippen LogP contribution >= 0.6 is 12.4 Å². The third kappa shape index (κ3) is 4.39. The normalized spacial score (nSPS) is 17.5. The largest absolute Gasteiger partial charge is 0.338 e. The molecule has 1 amide bonds. The molecular formula is C15H21ClFN3O3. The van der Waals surface area contributed by atoms with Gasteiger partial charge in [-0.3, -0.25) is 14.9 Å². The highest BCUT2D eigenvalue weighted by molar-refractivity contribution is 5.98. The molecule has 8 heteroatoms. The van der Waals surface area contributed by atoms with Gasteiger partial charge in [0.25, 0.3) is 11.6 Å². The number of piperidine rings is 1. The van der Waals surface area contributed by atoms with Crippen molar-refractivity contribution in [3.05, 3.63) is 39.2 Å². The number of rotatable bonds is 4. The number of halogens is 2. The third-order valence-corrected chi connectivity index (χ3v) is 3.98. The van der Waals surface area contributed by atoms with Gasteiger partial charge in [-0.2, -0.15) is 0 Å². The van der Waals surface area contributed by atoms with Gasteiger partial charge in [0, 0.05) is 18.7 Å². The molecule has 23 heavy (non-hydrogen) atoms. The van der Waals surface area contributed by atoms with Gasteiger partial charge >= 0.3 is 0 Å². The summed E-state index contributed by atoms with van der Waals surface area (Å²) in [7, 11) is 1.85. The van der Waals surface area contributed by atoms with E-state index in [1.165, 1.54) is 6.92 Å². The van der Waals surface area contributed by atoms with Crippen LogP contribution in [0.5, 0.6) is 0 Å². The quantitative estimate of drug-likeness (QED) is 0.672. The van der Waals surface area contributed by atoms with E-state index < -0.39 is 16.6 Å². The van der Waals surface area contributed by atoms with Crippen molar-refractivity contribution in [3.63, 3.8) is 0 Å². The first-order chi connectivity index (χ1) is 10.4. The van der Waals surface area contributed by atoms with E-state index >= 15 is 0 Å². The molecule has 0 bridgehead atoms. The molecule has 1 N–H and O–H groups in total. The first-order valence-electron chi connectivity index (χ1n) is 7.32. The lowest BCUT2D eigenvalue weighted by Gasteiger charge is -2.32. The molecule has 0 spiro atoms. The number of nitro groups is 1. The highest BCUT2D eigenvalue weighted by Crippen LogP contribution is 2.27. The number of carbonyl (C=O) groups excluding carboxylic acids is 1. The van der Waals surface area contributed by atoms with Gasteiger partial charge in [-0.15, -0.1) is 12.4 Å². The van der Waals surface area contributed by atoms with Crippen molar-refractivity contribution in [1.29, 1.82) is 0 Å². The van der Waals surface area contributed by atoms with Gasteiger partial charge in [-0.05, 0) is 51.4 Å². The summed E-state index contributed by atoms with van der Waals surface area (Å²) in [5.41, 5.74) is -0.299. The Morgan fingerprint density at radius 3 is 2.83 bits per heavy atom. The van der Waals surface area contributed by atoms with Crippen LogP contribution in [-0.4, -0.2) is 42.4 Å². The van der Waals surface area contributed by atoms with Crippen LogP contribution in [0, 0.1) is 28.8 Å². The zero-order chi connectivity index (χ0) is 16.3. The zero-order valence-electron chi connectivity index (χ0n) is 13.2. The van der Waals surface area contributed by atoms with Crippen molar-refractivity contribution in [1.82, 2.24) is 10.2 Å². The summed E-state index contributed by atoms with van der Waals surface area (Å²) in [5.74, 6) is -0.776. The molecule has 1 saturated heterocycles. The Balaban J connectivity index is 0.00000264. The average Bonchev–Trinajstić information content (AvgIpc) is 2.45. The van der Waals surface area contributed by atoms with Gasteiger partial charge in [-0.1, -0.05) is 0 Å². The topological polar surface area (TPSA) is 75.5 Å². The molecule has 1 heterocycles. The number of hydrogen-bond acceptors (Lipinski definition) is 4. The van der Waals surface area contributed by atoms with Crippen LogP contribution < -0.4 is 5.32 Å². The van der Waals surface area contributed by atoms with Gasteiger partial charge in [0.1, 0.15) is 11.4 Å². The minimum Gasteiger partial charge on any atom is -0.338 e. The molecule has 2 rings (SSSR count). The van der Waals surface area contributed by atoms with Gasteiger partial charge < -0.3 is 10.2 Å². The Hall–Kier alpha value is -1.73. The molecule has 1 aliphatic heterocycles. The smallest absolute Gasteiger partial charge is 0.285 e. The molecule has 1 aromatic carbocycles. The Morgan fingerprint density at radius 2 is 2.22 bits per heavy atom. The van der Waals surface area contributed by atoms with Crippen molar-refractivity contribution in [2.45, 2.75) is 19.8 Å². The maximum atomic E-state index is 13.6. The molecule has 1 aliphatic rings. The molecule has 0 radical (unpaired) electrons. The number of benzene rings is 1. The van der Waals surface area contributed by atoms with Gasteiger partial charge in [0.05, 0.1) is 4.92 Å². The minimum absolute atomic E-state index is 0. The number of likely N-dealkylation sites (tertiary alicyclic amines) is 1. The third-order valence-electron chi connectivity index (χ3n) is 3.98. The molecule has 0 aromatic heterocycles. The molecule has 0 saturated carbocycles. The summed E-state index contributed by atoms with van der Waals surface area (Å²) in [6.07, 6.45) is 1.86. The number of nitrogens with one attached hydrogen (secondary N) is 1. The van der Waals surface area contributed by atoms with Crippen LogP contribution in [0.3, 0.4) is 0 Å². The summed E-state index contributed by atoms with van der Waals surface area (Å²) >= 11 is 0. The van der Waals surface area contributed by atoms with E-state index in [0.29, 0.717) is 19.0 Å². The molecule has 1 fully saturated rings. The summed E-state index contributed by atoms with van der Waals surface area (Å²) in [4.78, 5) is 24.8. The molecular weight excluding hydrogens is 325 g/mol. The van der Waals surface area contributed by atoms with Gasteiger partial charge in [-0.25, -0.2) is 4.39 Å². The number of amides is 1. The number of nitrogens with zero attached hydrogens (tertiary/aromatic N) is 2. The van der Waals surface area contributed by atoms with Crippen molar-refractivity contribution >= 4 is 24.0 Å². The van der Waals surface area contributed by atoms with Crippen LogP contribution in [0.2, 0.25) is 0 Å². The average molecular weight is 346 g/mol. The fourth-order valence-electron chi connectivity index (χ4n) is 3.02. The van der Waals surface area contributed by atoms with E-state index in [1.54, 1.807) is 4.90 Å². The fraction of sp³-hybridized carbons (Fsp3) is 0.533. The van der Waals surface area contributed by atoms with E-state index in [-0.39, 0.29) is 29.2 Å². The Labute approximate surface area is 140 Å². The highest BCUT2D eigenvalue weighted by atomic mass is 35.5. The molecule has 1 atom stereocenters. The zero-order valence-corrected chi connectivity index (χ0v) is 14.0. The van der Waals surface area contributed by atoms with Crippen LogP contribution in [0.1, 0.15) is 28.8 Å². The summed E-state index contributed by atoms with van der Waals surface area (Å²) < 4.78 is 13.6. The highest BCUT2D eigenvalue weighted by Gasteiger charge is 2.30.